The van der Waals surface area contributed by atoms with Gasteiger partial charge in [-0.2, -0.15) is 0 Å². The van der Waals surface area contributed by atoms with Gasteiger partial charge < -0.3 is 15.2 Å². The molecule has 3 nitrogen and oxygen atoms in total. The van der Waals surface area contributed by atoms with Gasteiger partial charge in [0.15, 0.2) is 0 Å². The molecule has 0 aliphatic rings. The number of aliphatic hydroxyl groups is 1. The van der Waals surface area contributed by atoms with E-state index in [0.717, 1.165) is 17.9 Å². The molecule has 24 heavy (non-hydrogen) atoms. The van der Waals surface area contributed by atoms with Gasteiger partial charge in [-0.15, -0.1) is 11.3 Å². The van der Waals surface area contributed by atoms with Crippen molar-refractivity contribution in [2.75, 3.05) is 13.7 Å². The fraction of sp³-hybridized carbons (Fsp3) is 0.200. The molecular formula is C20H21NO2S. The molecular weight excluding hydrogens is 318 g/mol. The lowest BCUT2D eigenvalue weighted by Gasteiger charge is -2.17. The minimum atomic E-state index is -0.109. The summed E-state index contributed by atoms with van der Waals surface area (Å²) in [6, 6.07) is 20.3. The largest absolute Gasteiger partial charge is 0.497 e. The van der Waals surface area contributed by atoms with Crippen molar-refractivity contribution in [3.8, 4) is 16.9 Å². The number of aliphatic hydroxyl groups excluding tert-OH is 1. The average Bonchev–Trinajstić information content (AvgIpc) is 3.12. The van der Waals surface area contributed by atoms with Crippen molar-refractivity contribution in [3.05, 3.63) is 76.5 Å². The molecule has 2 N–H and O–H groups in total. The van der Waals surface area contributed by atoms with Crippen molar-refractivity contribution < 1.29 is 9.84 Å². The van der Waals surface area contributed by atoms with Crippen molar-refractivity contribution in [1.82, 2.24) is 5.32 Å². The second-order valence-corrected chi connectivity index (χ2v) is 6.56. The SMILES string of the molecule is COc1cccc(C(CO)NCc2cc(-c3ccccc3)cs2)c1. The van der Waals surface area contributed by atoms with Crippen molar-refractivity contribution in [2.45, 2.75) is 12.6 Å². The normalized spacial score (nSPS) is 12.1. The van der Waals surface area contributed by atoms with Gasteiger partial charge in [0.05, 0.1) is 19.8 Å². The number of hydrogen-bond donors (Lipinski definition) is 2. The highest BCUT2D eigenvalue weighted by molar-refractivity contribution is 7.10. The average molecular weight is 339 g/mol. The van der Waals surface area contributed by atoms with Crippen molar-refractivity contribution in [1.29, 1.82) is 0 Å². The standard InChI is InChI=1S/C20H21NO2S/c1-23-18-9-5-8-16(10-18)20(13-22)21-12-19-11-17(14-24-19)15-6-3-2-4-7-15/h2-11,14,20-22H,12-13H2,1H3. The molecule has 1 unspecified atom stereocenters. The smallest absolute Gasteiger partial charge is 0.119 e. The van der Waals surface area contributed by atoms with Crippen LogP contribution in [-0.4, -0.2) is 18.8 Å². The Balaban J connectivity index is 1.67. The highest BCUT2D eigenvalue weighted by atomic mass is 32.1. The Bertz CT molecular complexity index is 770. The summed E-state index contributed by atoms with van der Waals surface area (Å²) in [6.45, 7) is 0.768. The zero-order valence-electron chi connectivity index (χ0n) is 13.6. The molecule has 0 saturated carbocycles. The summed E-state index contributed by atoms with van der Waals surface area (Å²) in [5.41, 5.74) is 3.49. The Morgan fingerprint density at radius 1 is 1.04 bits per heavy atom. The number of rotatable bonds is 7. The van der Waals surface area contributed by atoms with Gasteiger partial charge in [-0.3, -0.25) is 0 Å². The van der Waals surface area contributed by atoms with Crippen molar-refractivity contribution in [2.24, 2.45) is 0 Å². The van der Waals surface area contributed by atoms with Gasteiger partial charge in [0.25, 0.3) is 0 Å². The van der Waals surface area contributed by atoms with Gasteiger partial charge >= 0.3 is 0 Å². The Hall–Kier alpha value is -2.14. The lowest BCUT2D eigenvalue weighted by molar-refractivity contribution is 0.243. The molecule has 0 spiro atoms. The molecule has 0 fully saturated rings. The molecule has 0 aliphatic heterocycles. The third-order valence-electron chi connectivity index (χ3n) is 3.96. The number of thiophene rings is 1. The van der Waals surface area contributed by atoms with Crippen LogP contribution in [0.15, 0.2) is 66.0 Å². The highest BCUT2D eigenvalue weighted by Gasteiger charge is 2.11. The van der Waals surface area contributed by atoms with Crippen LogP contribution in [-0.2, 0) is 6.54 Å². The molecule has 0 aliphatic carbocycles. The first-order chi connectivity index (χ1) is 11.8. The van der Waals surface area contributed by atoms with E-state index in [9.17, 15) is 5.11 Å². The first-order valence-electron chi connectivity index (χ1n) is 7.91. The highest BCUT2D eigenvalue weighted by Crippen LogP contribution is 2.26. The lowest BCUT2D eigenvalue weighted by atomic mass is 10.1. The minimum Gasteiger partial charge on any atom is -0.497 e. The van der Waals surface area contributed by atoms with E-state index in [4.69, 9.17) is 4.74 Å². The monoisotopic (exact) mass is 339 g/mol. The molecule has 124 valence electrons. The Labute approximate surface area is 146 Å². The summed E-state index contributed by atoms with van der Waals surface area (Å²) in [5, 5.41) is 15.3. The summed E-state index contributed by atoms with van der Waals surface area (Å²) in [4.78, 5) is 1.25. The van der Waals surface area contributed by atoms with E-state index in [1.165, 1.54) is 16.0 Å². The van der Waals surface area contributed by atoms with Gasteiger partial charge in [0, 0.05) is 11.4 Å². The Morgan fingerprint density at radius 2 is 1.88 bits per heavy atom. The van der Waals surface area contributed by atoms with Crippen LogP contribution in [0.4, 0.5) is 0 Å². The van der Waals surface area contributed by atoms with E-state index >= 15 is 0 Å². The predicted octanol–water partition coefficient (Wildman–Crippen LogP) is 4.25. The number of hydrogen-bond acceptors (Lipinski definition) is 4. The third-order valence-corrected chi connectivity index (χ3v) is 4.90. The summed E-state index contributed by atoms with van der Waals surface area (Å²) >= 11 is 1.73. The van der Waals surface area contributed by atoms with Crippen LogP contribution in [0.5, 0.6) is 5.75 Å². The molecule has 0 amide bonds. The zero-order chi connectivity index (χ0) is 16.8. The van der Waals surface area contributed by atoms with E-state index in [0.29, 0.717) is 0 Å². The number of methoxy groups -OCH3 is 1. The summed E-state index contributed by atoms with van der Waals surface area (Å²) < 4.78 is 5.26. The van der Waals surface area contributed by atoms with Crippen LogP contribution in [0.2, 0.25) is 0 Å². The molecule has 0 radical (unpaired) electrons. The van der Waals surface area contributed by atoms with Crippen LogP contribution in [0.1, 0.15) is 16.5 Å². The van der Waals surface area contributed by atoms with E-state index in [1.54, 1.807) is 18.4 Å². The third kappa shape index (κ3) is 4.03. The molecule has 4 heteroatoms. The van der Waals surface area contributed by atoms with Gasteiger partial charge in [0.1, 0.15) is 5.75 Å². The summed E-state index contributed by atoms with van der Waals surface area (Å²) in [7, 11) is 1.65. The maximum Gasteiger partial charge on any atom is 0.119 e. The van der Waals surface area contributed by atoms with Crippen LogP contribution in [0.25, 0.3) is 11.1 Å². The molecule has 0 bridgehead atoms. The van der Waals surface area contributed by atoms with E-state index < -0.39 is 0 Å². The van der Waals surface area contributed by atoms with Gasteiger partial charge in [-0.1, -0.05) is 42.5 Å². The lowest BCUT2D eigenvalue weighted by Crippen LogP contribution is -2.23. The number of ether oxygens (including phenoxy) is 1. The van der Waals surface area contributed by atoms with Gasteiger partial charge in [-0.25, -0.2) is 0 Å². The summed E-state index contributed by atoms with van der Waals surface area (Å²) in [5.74, 6) is 0.801. The second-order valence-electron chi connectivity index (χ2n) is 5.56. The van der Waals surface area contributed by atoms with Crippen LogP contribution in [0.3, 0.4) is 0 Å². The second kappa shape index (κ2) is 8.11. The van der Waals surface area contributed by atoms with Crippen LogP contribution < -0.4 is 10.1 Å². The number of nitrogens with one attached hydrogen (secondary N) is 1. The number of benzene rings is 2. The van der Waals surface area contributed by atoms with E-state index in [1.807, 2.05) is 30.3 Å². The van der Waals surface area contributed by atoms with Gasteiger partial charge in [0.2, 0.25) is 0 Å². The maximum atomic E-state index is 9.70. The predicted molar refractivity (Wildman–Crippen MR) is 99.4 cm³/mol. The first kappa shape index (κ1) is 16.7. The van der Waals surface area contributed by atoms with Crippen LogP contribution in [0, 0.1) is 0 Å². The van der Waals surface area contributed by atoms with E-state index in [2.05, 4.69) is 41.0 Å². The Kier molecular flexibility index (Phi) is 5.64. The minimum absolute atomic E-state index is 0.0457. The first-order valence-corrected chi connectivity index (χ1v) is 8.79. The Morgan fingerprint density at radius 3 is 2.62 bits per heavy atom. The molecule has 3 aromatic rings. The van der Waals surface area contributed by atoms with E-state index in [-0.39, 0.29) is 12.6 Å². The molecule has 3 rings (SSSR count). The van der Waals surface area contributed by atoms with Crippen molar-refractivity contribution >= 4 is 11.3 Å². The van der Waals surface area contributed by atoms with Crippen molar-refractivity contribution in [3.63, 3.8) is 0 Å². The molecule has 1 aromatic heterocycles. The molecule has 2 aromatic carbocycles. The maximum absolute atomic E-state index is 9.70. The fourth-order valence-electron chi connectivity index (χ4n) is 2.63. The zero-order valence-corrected chi connectivity index (χ0v) is 14.4. The quantitative estimate of drug-likeness (QED) is 0.676. The van der Waals surface area contributed by atoms with Crippen LogP contribution >= 0.6 is 11.3 Å². The topological polar surface area (TPSA) is 41.5 Å². The molecule has 0 saturated heterocycles. The summed E-state index contributed by atoms with van der Waals surface area (Å²) in [6.07, 6.45) is 0. The molecule has 1 atom stereocenters. The van der Waals surface area contributed by atoms with Gasteiger partial charge in [-0.05, 0) is 40.3 Å². The fourth-order valence-corrected chi connectivity index (χ4v) is 3.47. The molecule has 1 heterocycles.